The number of piperazine rings is 1. The van der Waals surface area contributed by atoms with Gasteiger partial charge in [-0.1, -0.05) is 23.7 Å². The highest BCUT2D eigenvalue weighted by molar-refractivity contribution is 6.30. The van der Waals surface area contributed by atoms with E-state index in [4.69, 9.17) is 11.6 Å². The van der Waals surface area contributed by atoms with Crippen molar-refractivity contribution in [1.82, 2.24) is 15.1 Å². The number of amides is 1. The second-order valence-electron chi connectivity index (χ2n) is 5.49. The molecule has 0 radical (unpaired) electrons. The zero-order valence-corrected chi connectivity index (χ0v) is 15.9. The molecule has 1 aromatic rings. The summed E-state index contributed by atoms with van der Waals surface area (Å²) < 4.78 is 0. The number of benzene rings is 1. The Morgan fingerprint density at radius 3 is 2.52 bits per heavy atom. The van der Waals surface area contributed by atoms with Gasteiger partial charge < -0.3 is 10.2 Å². The number of carbonyl (C=O) groups excluding carboxylic acids is 1. The number of carbonyl (C=O) groups is 1. The van der Waals surface area contributed by atoms with Crippen LogP contribution in [0.15, 0.2) is 24.3 Å². The fraction of sp³-hybridized carbons (Fsp3) is 0.562. The fourth-order valence-corrected chi connectivity index (χ4v) is 2.84. The van der Waals surface area contributed by atoms with Crippen LogP contribution in [0.4, 0.5) is 0 Å². The molecule has 23 heavy (non-hydrogen) atoms. The summed E-state index contributed by atoms with van der Waals surface area (Å²) >= 11 is 6.01. The van der Waals surface area contributed by atoms with Gasteiger partial charge in [-0.05, 0) is 37.7 Å². The maximum atomic E-state index is 12.0. The Morgan fingerprint density at radius 1 is 1.22 bits per heavy atom. The minimum absolute atomic E-state index is 0. The third kappa shape index (κ3) is 7.73. The molecule has 1 amide bonds. The Kier molecular flexibility index (Phi) is 11.7. The Morgan fingerprint density at radius 2 is 1.91 bits per heavy atom. The third-order valence-electron chi connectivity index (χ3n) is 3.84. The molecule has 1 heterocycles. The van der Waals surface area contributed by atoms with Crippen LogP contribution in [0.3, 0.4) is 0 Å². The lowest BCUT2D eigenvalue weighted by molar-refractivity contribution is -0.133. The number of halogens is 3. The van der Waals surface area contributed by atoms with Gasteiger partial charge in [-0.3, -0.25) is 9.69 Å². The van der Waals surface area contributed by atoms with Gasteiger partial charge in [-0.15, -0.1) is 24.8 Å². The molecule has 0 atom stereocenters. The maximum absolute atomic E-state index is 12.0. The molecular weight excluding hydrogens is 357 g/mol. The SMILES string of the molecule is CNCCCC(=O)N1CCN(Cc2cccc(Cl)c2)CC1.Cl.Cl. The van der Waals surface area contributed by atoms with Crippen molar-refractivity contribution in [2.45, 2.75) is 19.4 Å². The molecule has 0 spiro atoms. The first kappa shape index (κ1) is 22.5. The lowest BCUT2D eigenvalue weighted by Crippen LogP contribution is -2.48. The molecule has 132 valence electrons. The molecular formula is C16H26Cl3N3O. The van der Waals surface area contributed by atoms with E-state index in [1.807, 2.05) is 30.1 Å². The van der Waals surface area contributed by atoms with E-state index in [-0.39, 0.29) is 30.7 Å². The summed E-state index contributed by atoms with van der Waals surface area (Å²) in [5.41, 5.74) is 1.23. The molecule has 2 rings (SSSR count). The molecule has 1 aromatic carbocycles. The molecule has 0 aromatic heterocycles. The maximum Gasteiger partial charge on any atom is 0.222 e. The molecule has 4 nitrogen and oxygen atoms in total. The van der Waals surface area contributed by atoms with Crippen molar-refractivity contribution in [1.29, 1.82) is 0 Å². The first-order valence-corrected chi connectivity index (χ1v) is 7.96. The van der Waals surface area contributed by atoms with Gasteiger partial charge in [0, 0.05) is 44.2 Å². The van der Waals surface area contributed by atoms with Gasteiger partial charge in [0.15, 0.2) is 0 Å². The van der Waals surface area contributed by atoms with Crippen molar-refractivity contribution in [2.75, 3.05) is 39.8 Å². The Hall–Kier alpha value is -0.520. The van der Waals surface area contributed by atoms with Crippen LogP contribution in [0.25, 0.3) is 0 Å². The van der Waals surface area contributed by atoms with Crippen LogP contribution in [0.2, 0.25) is 5.02 Å². The minimum atomic E-state index is 0. The van der Waals surface area contributed by atoms with Crippen molar-refractivity contribution in [3.05, 3.63) is 34.9 Å². The summed E-state index contributed by atoms with van der Waals surface area (Å²) in [6, 6.07) is 7.99. The second kappa shape index (κ2) is 11.9. The largest absolute Gasteiger partial charge is 0.340 e. The molecule has 0 saturated carbocycles. The van der Waals surface area contributed by atoms with Crippen molar-refractivity contribution in [3.8, 4) is 0 Å². The summed E-state index contributed by atoms with van der Waals surface area (Å²) in [6.07, 6.45) is 1.56. The van der Waals surface area contributed by atoms with Gasteiger partial charge >= 0.3 is 0 Å². The average Bonchev–Trinajstić information content (AvgIpc) is 2.48. The zero-order chi connectivity index (χ0) is 15.1. The standard InChI is InChI=1S/C16H24ClN3O.2ClH/c1-18-7-3-6-16(21)20-10-8-19(9-11-20)13-14-4-2-5-15(17)12-14;;/h2,4-5,12,18H,3,6-11,13H2,1H3;2*1H. The Labute approximate surface area is 156 Å². The van der Waals surface area contributed by atoms with Gasteiger partial charge in [-0.2, -0.15) is 0 Å². The van der Waals surface area contributed by atoms with E-state index in [0.29, 0.717) is 6.42 Å². The summed E-state index contributed by atoms with van der Waals surface area (Å²) in [4.78, 5) is 16.4. The lowest BCUT2D eigenvalue weighted by atomic mass is 10.2. The van der Waals surface area contributed by atoms with E-state index in [1.165, 1.54) is 5.56 Å². The van der Waals surface area contributed by atoms with Crippen LogP contribution in [0.1, 0.15) is 18.4 Å². The molecule has 0 aliphatic carbocycles. The van der Waals surface area contributed by atoms with Gasteiger partial charge in [0.2, 0.25) is 5.91 Å². The smallest absolute Gasteiger partial charge is 0.222 e. The van der Waals surface area contributed by atoms with Crippen LogP contribution in [0.5, 0.6) is 0 Å². The van der Waals surface area contributed by atoms with Crippen LogP contribution in [0, 0.1) is 0 Å². The molecule has 1 fully saturated rings. The number of hydrogen-bond acceptors (Lipinski definition) is 3. The second-order valence-corrected chi connectivity index (χ2v) is 5.93. The molecule has 1 aliphatic rings. The normalized spacial score (nSPS) is 14.8. The predicted octanol–water partition coefficient (Wildman–Crippen LogP) is 2.83. The predicted molar refractivity (Wildman–Crippen MR) is 101 cm³/mol. The van der Waals surface area contributed by atoms with Gasteiger partial charge in [0.1, 0.15) is 0 Å². The molecule has 1 aliphatic heterocycles. The van der Waals surface area contributed by atoms with Crippen molar-refractivity contribution in [2.24, 2.45) is 0 Å². The minimum Gasteiger partial charge on any atom is -0.340 e. The topological polar surface area (TPSA) is 35.6 Å². The highest BCUT2D eigenvalue weighted by Gasteiger charge is 2.20. The third-order valence-corrected chi connectivity index (χ3v) is 4.07. The van der Waals surface area contributed by atoms with Gasteiger partial charge in [0.05, 0.1) is 0 Å². The number of nitrogens with one attached hydrogen (secondary N) is 1. The Balaban J connectivity index is 0.00000242. The fourth-order valence-electron chi connectivity index (χ4n) is 2.62. The highest BCUT2D eigenvalue weighted by Crippen LogP contribution is 2.14. The van der Waals surface area contributed by atoms with Crippen molar-refractivity contribution < 1.29 is 4.79 Å². The van der Waals surface area contributed by atoms with Crippen LogP contribution in [-0.2, 0) is 11.3 Å². The molecule has 0 unspecified atom stereocenters. The average molecular weight is 383 g/mol. The molecule has 7 heteroatoms. The number of nitrogens with zero attached hydrogens (tertiary/aromatic N) is 2. The Bertz CT molecular complexity index is 466. The highest BCUT2D eigenvalue weighted by atomic mass is 35.5. The van der Waals surface area contributed by atoms with E-state index in [2.05, 4.69) is 16.3 Å². The van der Waals surface area contributed by atoms with Gasteiger partial charge in [0.25, 0.3) is 0 Å². The van der Waals surface area contributed by atoms with Crippen molar-refractivity contribution in [3.63, 3.8) is 0 Å². The van der Waals surface area contributed by atoms with Crippen LogP contribution in [-0.4, -0.2) is 55.5 Å². The van der Waals surface area contributed by atoms with Crippen LogP contribution >= 0.6 is 36.4 Å². The van der Waals surface area contributed by atoms with E-state index in [9.17, 15) is 4.79 Å². The summed E-state index contributed by atoms with van der Waals surface area (Å²) in [6.45, 7) is 5.34. The summed E-state index contributed by atoms with van der Waals surface area (Å²) in [7, 11) is 1.92. The zero-order valence-electron chi connectivity index (χ0n) is 13.5. The van der Waals surface area contributed by atoms with Crippen LogP contribution < -0.4 is 5.32 Å². The van der Waals surface area contributed by atoms with Gasteiger partial charge in [-0.25, -0.2) is 0 Å². The molecule has 1 N–H and O–H groups in total. The summed E-state index contributed by atoms with van der Waals surface area (Å²) in [5.74, 6) is 0.285. The molecule has 1 saturated heterocycles. The summed E-state index contributed by atoms with van der Waals surface area (Å²) in [5, 5.41) is 3.86. The first-order valence-electron chi connectivity index (χ1n) is 7.58. The lowest BCUT2D eigenvalue weighted by Gasteiger charge is -2.34. The number of rotatable bonds is 6. The first-order chi connectivity index (χ1) is 10.2. The molecule has 0 bridgehead atoms. The quantitative estimate of drug-likeness (QED) is 0.769. The van der Waals surface area contributed by atoms with E-state index >= 15 is 0 Å². The number of hydrogen-bond donors (Lipinski definition) is 1. The van der Waals surface area contributed by atoms with E-state index in [1.54, 1.807) is 0 Å². The van der Waals surface area contributed by atoms with E-state index in [0.717, 1.165) is 50.7 Å². The van der Waals surface area contributed by atoms with Crippen molar-refractivity contribution >= 4 is 42.3 Å². The monoisotopic (exact) mass is 381 g/mol. The van der Waals surface area contributed by atoms with E-state index < -0.39 is 0 Å².